The van der Waals surface area contributed by atoms with Gasteiger partial charge in [-0.15, -0.1) is 0 Å². The Morgan fingerprint density at radius 1 is 1.08 bits per heavy atom. The Labute approximate surface area is 147 Å². The number of nitrogens with one attached hydrogen (secondary N) is 1. The molecule has 0 spiro atoms. The quantitative estimate of drug-likeness (QED) is 0.890. The van der Waals surface area contributed by atoms with Crippen molar-refractivity contribution in [1.82, 2.24) is 4.90 Å². The fourth-order valence-electron chi connectivity index (χ4n) is 2.83. The number of methoxy groups -OCH3 is 1. The Balaban J connectivity index is 1.94. The van der Waals surface area contributed by atoms with Crippen LogP contribution >= 0.6 is 0 Å². The molecule has 2 aromatic rings. The fourth-order valence-corrected chi connectivity index (χ4v) is 3.92. The van der Waals surface area contributed by atoms with Gasteiger partial charge in [-0.1, -0.05) is 18.2 Å². The van der Waals surface area contributed by atoms with Gasteiger partial charge in [0.2, 0.25) is 0 Å². The summed E-state index contributed by atoms with van der Waals surface area (Å²) in [6.45, 7) is 1.36. The SMILES string of the molecule is COc1ccc(S(=O)(=O)Nc2ccccc2)cc1C(=O)N1CCCC1. The molecule has 0 bridgehead atoms. The van der Waals surface area contributed by atoms with Gasteiger partial charge in [0.15, 0.2) is 0 Å². The number of sulfonamides is 1. The van der Waals surface area contributed by atoms with E-state index in [2.05, 4.69) is 4.72 Å². The number of ether oxygens (including phenoxy) is 1. The average molecular weight is 360 g/mol. The van der Waals surface area contributed by atoms with Crippen molar-refractivity contribution in [2.45, 2.75) is 17.7 Å². The molecule has 0 radical (unpaired) electrons. The van der Waals surface area contributed by atoms with Crippen LogP contribution in [0.4, 0.5) is 5.69 Å². The second kappa shape index (κ2) is 7.14. The van der Waals surface area contributed by atoms with Crippen LogP contribution < -0.4 is 9.46 Å². The zero-order chi connectivity index (χ0) is 17.9. The predicted octanol–water partition coefficient (Wildman–Crippen LogP) is 2.73. The van der Waals surface area contributed by atoms with Crippen LogP contribution in [0.2, 0.25) is 0 Å². The van der Waals surface area contributed by atoms with Crippen LogP contribution in [-0.2, 0) is 10.0 Å². The van der Waals surface area contributed by atoms with Crippen molar-refractivity contribution in [3.05, 3.63) is 54.1 Å². The third-order valence-electron chi connectivity index (χ3n) is 4.13. The van der Waals surface area contributed by atoms with Gasteiger partial charge in [-0.3, -0.25) is 9.52 Å². The molecule has 0 aliphatic carbocycles. The number of carbonyl (C=O) groups is 1. The normalized spacial score (nSPS) is 14.4. The molecule has 2 aromatic carbocycles. The number of carbonyl (C=O) groups excluding carboxylic acids is 1. The van der Waals surface area contributed by atoms with E-state index in [1.54, 1.807) is 35.2 Å². The zero-order valence-electron chi connectivity index (χ0n) is 13.9. The highest BCUT2D eigenvalue weighted by atomic mass is 32.2. The number of benzene rings is 2. The molecule has 132 valence electrons. The van der Waals surface area contributed by atoms with Gasteiger partial charge in [-0.25, -0.2) is 8.42 Å². The van der Waals surface area contributed by atoms with Crippen molar-refractivity contribution in [2.75, 3.05) is 24.9 Å². The Morgan fingerprint density at radius 2 is 1.76 bits per heavy atom. The van der Waals surface area contributed by atoms with Crippen LogP contribution in [-0.4, -0.2) is 39.4 Å². The number of hydrogen-bond acceptors (Lipinski definition) is 4. The minimum absolute atomic E-state index is 0.0275. The fraction of sp³-hybridized carbons (Fsp3) is 0.278. The maximum absolute atomic E-state index is 12.7. The molecule has 3 rings (SSSR count). The van der Waals surface area contributed by atoms with E-state index in [1.165, 1.54) is 25.3 Å². The lowest BCUT2D eigenvalue weighted by atomic mass is 10.1. The van der Waals surface area contributed by atoms with Crippen molar-refractivity contribution in [3.8, 4) is 5.75 Å². The monoisotopic (exact) mass is 360 g/mol. The van der Waals surface area contributed by atoms with E-state index < -0.39 is 10.0 Å². The number of rotatable bonds is 5. The van der Waals surface area contributed by atoms with Gasteiger partial charge < -0.3 is 9.64 Å². The molecular weight excluding hydrogens is 340 g/mol. The molecule has 1 amide bonds. The van der Waals surface area contributed by atoms with Crippen molar-refractivity contribution in [1.29, 1.82) is 0 Å². The van der Waals surface area contributed by atoms with Crippen LogP contribution in [0.1, 0.15) is 23.2 Å². The van der Waals surface area contributed by atoms with Crippen molar-refractivity contribution in [2.24, 2.45) is 0 Å². The molecule has 1 saturated heterocycles. The molecule has 6 nitrogen and oxygen atoms in total. The Bertz CT molecular complexity index is 860. The summed E-state index contributed by atoms with van der Waals surface area (Å²) < 4.78 is 33.0. The first-order chi connectivity index (χ1) is 12.0. The molecule has 1 heterocycles. The zero-order valence-corrected chi connectivity index (χ0v) is 14.8. The minimum Gasteiger partial charge on any atom is -0.496 e. The van der Waals surface area contributed by atoms with E-state index in [9.17, 15) is 13.2 Å². The molecule has 1 N–H and O–H groups in total. The Hall–Kier alpha value is -2.54. The lowest BCUT2D eigenvalue weighted by Crippen LogP contribution is -2.28. The van der Waals surface area contributed by atoms with Gasteiger partial charge in [-0.05, 0) is 43.2 Å². The first-order valence-corrected chi connectivity index (χ1v) is 9.55. The number of hydrogen-bond donors (Lipinski definition) is 1. The molecule has 25 heavy (non-hydrogen) atoms. The van der Waals surface area contributed by atoms with E-state index in [-0.39, 0.29) is 16.4 Å². The first-order valence-electron chi connectivity index (χ1n) is 8.06. The third-order valence-corrected chi connectivity index (χ3v) is 5.51. The maximum Gasteiger partial charge on any atom is 0.261 e. The van der Waals surface area contributed by atoms with Crippen molar-refractivity contribution >= 4 is 21.6 Å². The van der Waals surface area contributed by atoms with Crippen molar-refractivity contribution < 1.29 is 17.9 Å². The Morgan fingerprint density at radius 3 is 2.40 bits per heavy atom. The summed E-state index contributed by atoms with van der Waals surface area (Å²) in [6, 6.07) is 13.0. The second-order valence-corrected chi connectivity index (χ2v) is 7.52. The minimum atomic E-state index is -3.79. The second-order valence-electron chi connectivity index (χ2n) is 5.83. The summed E-state index contributed by atoms with van der Waals surface area (Å²) in [5, 5.41) is 0. The van der Waals surface area contributed by atoms with Gasteiger partial charge in [0.1, 0.15) is 5.75 Å². The topological polar surface area (TPSA) is 75.7 Å². The molecule has 0 atom stereocenters. The van der Waals surface area contributed by atoms with E-state index in [0.29, 0.717) is 24.5 Å². The molecule has 1 aliphatic rings. The molecule has 1 fully saturated rings. The smallest absolute Gasteiger partial charge is 0.261 e. The predicted molar refractivity (Wildman–Crippen MR) is 95.4 cm³/mol. The molecule has 0 aromatic heterocycles. The van der Waals surface area contributed by atoms with Gasteiger partial charge in [0.25, 0.3) is 15.9 Å². The van der Waals surface area contributed by atoms with E-state index in [0.717, 1.165) is 12.8 Å². The highest BCUT2D eigenvalue weighted by Crippen LogP contribution is 2.26. The molecule has 0 saturated carbocycles. The molecular formula is C18H20N2O4S. The van der Waals surface area contributed by atoms with Crippen LogP contribution in [0, 0.1) is 0 Å². The summed E-state index contributed by atoms with van der Waals surface area (Å²) in [7, 11) is -2.33. The van der Waals surface area contributed by atoms with Gasteiger partial charge in [0, 0.05) is 18.8 Å². The summed E-state index contributed by atoms with van der Waals surface area (Å²) in [5.74, 6) is 0.168. The van der Waals surface area contributed by atoms with Crippen LogP contribution in [0.25, 0.3) is 0 Å². The lowest BCUT2D eigenvalue weighted by Gasteiger charge is -2.18. The molecule has 0 unspecified atom stereocenters. The van der Waals surface area contributed by atoms with Crippen molar-refractivity contribution in [3.63, 3.8) is 0 Å². The maximum atomic E-state index is 12.7. The number of amides is 1. The van der Waals surface area contributed by atoms with Crippen LogP contribution in [0.5, 0.6) is 5.75 Å². The summed E-state index contributed by atoms with van der Waals surface area (Å²) in [4.78, 5) is 14.4. The third kappa shape index (κ3) is 3.76. The highest BCUT2D eigenvalue weighted by Gasteiger charge is 2.25. The molecule has 7 heteroatoms. The van der Waals surface area contributed by atoms with Gasteiger partial charge in [0.05, 0.1) is 17.6 Å². The summed E-state index contributed by atoms with van der Waals surface area (Å²) in [6.07, 6.45) is 1.92. The average Bonchev–Trinajstić information content (AvgIpc) is 3.15. The van der Waals surface area contributed by atoms with E-state index in [4.69, 9.17) is 4.74 Å². The number of likely N-dealkylation sites (tertiary alicyclic amines) is 1. The standard InChI is InChI=1S/C18H20N2O4S/c1-24-17-10-9-15(13-16(17)18(21)20-11-5-6-12-20)25(22,23)19-14-7-3-2-4-8-14/h2-4,7-10,13,19H,5-6,11-12H2,1H3. The Kier molecular flexibility index (Phi) is 4.94. The lowest BCUT2D eigenvalue weighted by molar-refractivity contribution is 0.0789. The number of para-hydroxylation sites is 1. The number of anilines is 1. The van der Waals surface area contributed by atoms with Gasteiger partial charge in [-0.2, -0.15) is 0 Å². The van der Waals surface area contributed by atoms with E-state index in [1.807, 2.05) is 0 Å². The van der Waals surface area contributed by atoms with Crippen LogP contribution in [0.3, 0.4) is 0 Å². The van der Waals surface area contributed by atoms with E-state index >= 15 is 0 Å². The summed E-state index contributed by atoms with van der Waals surface area (Å²) >= 11 is 0. The van der Waals surface area contributed by atoms with Gasteiger partial charge >= 0.3 is 0 Å². The first kappa shape index (κ1) is 17.3. The number of nitrogens with zero attached hydrogens (tertiary/aromatic N) is 1. The van der Waals surface area contributed by atoms with Crippen LogP contribution in [0.15, 0.2) is 53.4 Å². The molecule has 1 aliphatic heterocycles. The largest absolute Gasteiger partial charge is 0.496 e. The highest BCUT2D eigenvalue weighted by molar-refractivity contribution is 7.92. The summed E-state index contributed by atoms with van der Waals surface area (Å²) in [5.41, 5.74) is 0.728.